The summed E-state index contributed by atoms with van der Waals surface area (Å²) in [5, 5.41) is 3.63. The second-order valence-electron chi connectivity index (χ2n) is 8.03. The van der Waals surface area contributed by atoms with Crippen molar-refractivity contribution in [1.82, 2.24) is 19.9 Å². The van der Waals surface area contributed by atoms with E-state index in [1.807, 2.05) is 30.3 Å². The quantitative estimate of drug-likeness (QED) is 0.241. The molecule has 0 spiro atoms. The number of aromatic amines is 1. The van der Waals surface area contributed by atoms with Gasteiger partial charge in [-0.1, -0.05) is 66.4 Å². The molecule has 0 fully saturated rings. The van der Waals surface area contributed by atoms with Crippen molar-refractivity contribution < 1.29 is 18.0 Å². The number of fused-ring (bicyclic) bond motifs is 3. The van der Waals surface area contributed by atoms with Crippen LogP contribution in [0.5, 0.6) is 0 Å². The number of amides is 1. The number of hydrogen-bond donors (Lipinski definition) is 2. The van der Waals surface area contributed by atoms with Crippen LogP contribution >= 0.6 is 11.8 Å². The maximum Gasteiger partial charge on any atom is 0.416 e. The predicted molar refractivity (Wildman–Crippen MR) is 133 cm³/mol. The van der Waals surface area contributed by atoms with Gasteiger partial charge in [0, 0.05) is 17.4 Å². The number of carbonyl (C=O) groups excluding carboxylic acids is 1. The van der Waals surface area contributed by atoms with E-state index in [0.29, 0.717) is 23.0 Å². The summed E-state index contributed by atoms with van der Waals surface area (Å²) < 4.78 is 41.3. The summed E-state index contributed by atoms with van der Waals surface area (Å²) >= 11 is 0.984. The molecule has 5 rings (SSSR count). The molecule has 6 nitrogen and oxygen atoms in total. The standard InChI is InChI=1S/C26H19F3N4O2S/c27-26(28,29)17-9-6-10-18(13-17)33-24(35)23-22(19-11-4-5-12-20(19)31-23)32-25(33)36-15-21(34)30-14-16-7-2-1-3-8-16/h1-13,31H,14-15H2,(H,30,34). The van der Waals surface area contributed by atoms with Crippen molar-refractivity contribution in [3.8, 4) is 5.69 Å². The molecule has 5 aromatic rings. The van der Waals surface area contributed by atoms with Gasteiger partial charge in [-0.2, -0.15) is 13.2 Å². The molecule has 0 aliphatic carbocycles. The normalized spacial score (nSPS) is 11.8. The Bertz CT molecular complexity index is 1630. The molecule has 0 radical (unpaired) electrons. The van der Waals surface area contributed by atoms with Gasteiger partial charge in [0.25, 0.3) is 5.56 Å². The Labute approximate surface area is 207 Å². The number of aromatic nitrogens is 3. The number of nitrogens with zero attached hydrogens (tertiary/aromatic N) is 2. The fourth-order valence-electron chi connectivity index (χ4n) is 3.87. The second kappa shape index (κ2) is 9.54. The van der Waals surface area contributed by atoms with E-state index < -0.39 is 17.3 Å². The smallest absolute Gasteiger partial charge is 0.351 e. The van der Waals surface area contributed by atoms with E-state index in [4.69, 9.17) is 0 Å². The molecule has 0 saturated heterocycles. The van der Waals surface area contributed by atoms with Gasteiger partial charge in [0.1, 0.15) is 11.0 Å². The van der Waals surface area contributed by atoms with Crippen molar-refractivity contribution in [2.45, 2.75) is 17.9 Å². The summed E-state index contributed by atoms with van der Waals surface area (Å²) in [4.78, 5) is 33.7. The van der Waals surface area contributed by atoms with E-state index in [0.717, 1.165) is 34.0 Å². The molecule has 0 aliphatic rings. The summed E-state index contributed by atoms with van der Waals surface area (Å²) in [7, 11) is 0. The molecule has 3 aromatic carbocycles. The Hall–Kier alpha value is -4.05. The van der Waals surface area contributed by atoms with Crippen molar-refractivity contribution in [3.63, 3.8) is 0 Å². The van der Waals surface area contributed by atoms with Crippen LogP contribution in [0.4, 0.5) is 13.2 Å². The van der Waals surface area contributed by atoms with Gasteiger partial charge >= 0.3 is 6.18 Å². The number of thioether (sulfide) groups is 1. The van der Waals surface area contributed by atoms with Crippen molar-refractivity contribution in [2.75, 3.05) is 5.75 Å². The molecular weight excluding hydrogens is 489 g/mol. The monoisotopic (exact) mass is 508 g/mol. The number of carbonyl (C=O) groups is 1. The van der Waals surface area contributed by atoms with Crippen molar-refractivity contribution >= 4 is 39.6 Å². The highest BCUT2D eigenvalue weighted by molar-refractivity contribution is 7.99. The van der Waals surface area contributed by atoms with Crippen molar-refractivity contribution in [2.24, 2.45) is 0 Å². The molecule has 36 heavy (non-hydrogen) atoms. The number of H-pyrrole nitrogens is 1. The molecule has 10 heteroatoms. The number of hydrogen-bond acceptors (Lipinski definition) is 4. The first-order chi connectivity index (χ1) is 17.3. The topological polar surface area (TPSA) is 79.8 Å². The average Bonchev–Trinajstić information content (AvgIpc) is 3.25. The highest BCUT2D eigenvalue weighted by atomic mass is 32.2. The highest BCUT2D eigenvalue weighted by Crippen LogP contribution is 2.31. The van der Waals surface area contributed by atoms with Gasteiger partial charge in [-0.3, -0.25) is 14.2 Å². The summed E-state index contributed by atoms with van der Waals surface area (Å²) in [5.74, 6) is -0.376. The van der Waals surface area contributed by atoms with E-state index in [1.54, 1.807) is 24.3 Å². The Morgan fingerprint density at radius 2 is 1.75 bits per heavy atom. The number of nitrogens with one attached hydrogen (secondary N) is 2. The van der Waals surface area contributed by atoms with E-state index in [9.17, 15) is 22.8 Å². The molecule has 1 amide bonds. The van der Waals surface area contributed by atoms with Gasteiger partial charge in [0.2, 0.25) is 5.91 Å². The van der Waals surface area contributed by atoms with Crippen LogP contribution in [0.3, 0.4) is 0 Å². The lowest BCUT2D eigenvalue weighted by molar-refractivity contribution is -0.137. The third-order valence-corrected chi connectivity index (χ3v) is 6.53. The van der Waals surface area contributed by atoms with Crippen LogP contribution in [0, 0.1) is 0 Å². The van der Waals surface area contributed by atoms with Crippen LogP contribution in [-0.2, 0) is 17.5 Å². The van der Waals surface area contributed by atoms with E-state index in [2.05, 4.69) is 15.3 Å². The van der Waals surface area contributed by atoms with Gasteiger partial charge in [-0.25, -0.2) is 4.98 Å². The Morgan fingerprint density at radius 1 is 1.00 bits per heavy atom. The molecule has 182 valence electrons. The molecule has 0 unspecified atom stereocenters. The number of benzene rings is 3. The first-order valence-corrected chi connectivity index (χ1v) is 11.9. The largest absolute Gasteiger partial charge is 0.416 e. The minimum absolute atomic E-state index is 0.00933. The van der Waals surface area contributed by atoms with Gasteiger partial charge in [0.05, 0.1) is 17.0 Å². The van der Waals surface area contributed by atoms with Gasteiger partial charge < -0.3 is 10.3 Å². The molecular formula is C26H19F3N4O2S. The Kier molecular flexibility index (Phi) is 6.27. The Balaban J connectivity index is 1.54. The van der Waals surface area contributed by atoms with E-state index in [1.165, 1.54) is 12.1 Å². The SMILES string of the molecule is O=C(CSc1nc2c([nH]c3ccccc32)c(=O)n1-c1cccc(C(F)(F)F)c1)NCc1ccccc1. The summed E-state index contributed by atoms with van der Waals surface area (Å²) in [6.45, 7) is 0.329. The van der Waals surface area contributed by atoms with Crippen molar-refractivity contribution in [3.05, 3.63) is 100 Å². The Morgan fingerprint density at radius 3 is 2.53 bits per heavy atom. The molecule has 0 bridgehead atoms. The minimum Gasteiger partial charge on any atom is -0.351 e. The van der Waals surface area contributed by atoms with Gasteiger partial charge in [-0.05, 0) is 29.8 Å². The lowest BCUT2D eigenvalue weighted by Crippen LogP contribution is -2.26. The summed E-state index contributed by atoms with van der Waals surface area (Å²) in [6.07, 6.45) is -4.58. The van der Waals surface area contributed by atoms with E-state index in [-0.39, 0.29) is 28.0 Å². The zero-order chi connectivity index (χ0) is 25.3. The number of halogens is 3. The molecule has 2 aromatic heterocycles. The number of alkyl halides is 3. The van der Waals surface area contributed by atoms with Crippen LogP contribution in [0.1, 0.15) is 11.1 Å². The predicted octanol–water partition coefficient (Wildman–Crippen LogP) is 5.29. The van der Waals surface area contributed by atoms with Crippen LogP contribution in [0.2, 0.25) is 0 Å². The zero-order valence-electron chi connectivity index (χ0n) is 18.7. The number of para-hydroxylation sites is 1. The highest BCUT2D eigenvalue weighted by Gasteiger charge is 2.31. The molecule has 2 heterocycles. The molecule has 2 N–H and O–H groups in total. The fourth-order valence-corrected chi connectivity index (χ4v) is 4.70. The maximum absolute atomic E-state index is 13.5. The van der Waals surface area contributed by atoms with Crippen molar-refractivity contribution in [1.29, 1.82) is 0 Å². The number of rotatable bonds is 6. The lowest BCUT2D eigenvalue weighted by Gasteiger charge is -2.14. The fraction of sp³-hybridized carbons (Fsp3) is 0.115. The third kappa shape index (κ3) is 4.72. The first kappa shape index (κ1) is 23.7. The van der Waals surface area contributed by atoms with Gasteiger partial charge in [-0.15, -0.1) is 0 Å². The third-order valence-electron chi connectivity index (χ3n) is 5.59. The summed E-state index contributed by atoms with van der Waals surface area (Å²) in [5.41, 5.74) is 0.737. The molecule has 0 atom stereocenters. The van der Waals surface area contributed by atoms with Crippen LogP contribution < -0.4 is 10.9 Å². The first-order valence-electron chi connectivity index (χ1n) is 11.0. The zero-order valence-corrected chi connectivity index (χ0v) is 19.5. The van der Waals surface area contributed by atoms with Crippen LogP contribution in [0.25, 0.3) is 27.6 Å². The van der Waals surface area contributed by atoms with Crippen LogP contribution in [-0.4, -0.2) is 26.2 Å². The maximum atomic E-state index is 13.5. The second-order valence-corrected chi connectivity index (χ2v) is 8.97. The molecule has 0 saturated carbocycles. The van der Waals surface area contributed by atoms with Gasteiger partial charge in [0.15, 0.2) is 5.16 Å². The lowest BCUT2D eigenvalue weighted by atomic mass is 10.2. The van der Waals surface area contributed by atoms with Crippen LogP contribution in [0.15, 0.2) is 88.8 Å². The van der Waals surface area contributed by atoms with E-state index >= 15 is 0 Å². The molecule has 0 aliphatic heterocycles. The summed E-state index contributed by atoms with van der Waals surface area (Å²) in [6, 6.07) is 21.0. The average molecular weight is 509 g/mol. The minimum atomic E-state index is -4.58.